The van der Waals surface area contributed by atoms with Crippen LogP contribution in [0.1, 0.15) is 52.4 Å². The second-order valence-corrected chi connectivity index (χ2v) is 6.10. The molecular formula is C17H28N2O. The number of nitrogens with one attached hydrogen (secondary N) is 1. The number of ether oxygens (including phenoxy) is 1. The van der Waals surface area contributed by atoms with Crippen LogP contribution in [-0.4, -0.2) is 12.6 Å². The zero-order chi connectivity index (χ0) is 14.4. The molecule has 3 heteroatoms. The molecule has 0 amide bonds. The summed E-state index contributed by atoms with van der Waals surface area (Å²) in [5.74, 6) is 1.74. The van der Waals surface area contributed by atoms with Crippen LogP contribution >= 0.6 is 0 Å². The van der Waals surface area contributed by atoms with Gasteiger partial charge in [-0.3, -0.25) is 0 Å². The van der Waals surface area contributed by atoms with Crippen molar-refractivity contribution in [2.45, 2.75) is 58.5 Å². The van der Waals surface area contributed by atoms with E-state index in [1.165, 1.54) is 38.5 Å². The number of benzene rings is 1. The first kappa shape index (κ1) is 15.0. The van der Waals surface area contributed by atoms with E-state index in [1.807, 2.05) is 32.0 Å². The Morgan fingerprint density at radius 3 is 2.75 bits per heavy atom. The second kappa shape index (κ2) is 7.41. The van der Waals surface area contributed by atoms with E-state index in [2.05, 4.69) is 5.32 Å². The second-order valence-electron chi connectivity index (χ2n) is 6.10. The number of para-hydroxylation sites is 1. The fourth-order valence-corrected chi connectivity index (χ4v) is 2.97. The van der Waals surface area contributed by atoms with Crippen molar-refractivity contribution in [2.75, 3.05) is 17.6 Å². The Morgan fingerprint density at radius 1 is 1.30 bits per heavy atom. The molecule has 1 aliphatic carbocycles. The standard InChI is InChI=1S/C17H28N2O/c1-13(2)20-16-11-5-10-15(17(16)18)19-12-6-9-14-7-3-4-8-14/h5,10-11,13-14,19H,3-4,6-9,12,18H2,1-2H3. The SMILES string of the molecule is CC(C)Oc1cccc(NCCCC2CCCC2)c1N. The van der Waals surface area contributed by atoms with E-state index in [0.29, 0.717) is 0 Å². The topological polar surface area (TPSA) is 47.3 Å². The first-order valence-electron chi connectivity index (χ1n) is 7.96. The molecule has 0 saturated heterocycles. The van der Waals surface area contributed by atoms with Gasteiger partial charge in [-0.25, -0.2) is 0 Å². The van der Waals surface area contributed by atoms with Crippen LogP contribution in [0, 0.1) is 5.92 Å². The van der Waals surface area contributed by atoms with Crippen molar-refractivity contribution in [2.24, 2.45) is 5.92 Å². The van der Waals surface area contributed by atoms with E-state index in [1.54, 1.807) is 0 Å². The highest BCUT2D eigenvalue weighted by atomic mass is 16.5. The van der Waals surface area contributed by atoms with Gasteiger partial charge in [-0.2, -0.15) is 0 Å². The monoisotopic (exact) mass is 276 g/mol. The molecule has 1 saturated carbocycles. The Hall–Kier alpha value is -1.38. The van der Waals surface area contributed by atoms with Gasteiger partial charge in [0.15, 0.2) is 0 Å². The summed E-state index contributed by atoms with van der Waals surface area (Å²) in [6.45, 7) is 5.02. The lowest BCUT2D eigenvalue weighted by Gasteiger charge is -2.16. The summed E-state index contributed by atoms with van der Waals surface area (Å²) < 4.78 is 5.71. The van der Waals surface area contributed by atoms with E-state index < -0.39 is 0 Å². The van der Waals surface area contributed by atoms with Crippen molar-refractivity contribution < 1.29 is 4.74 Å². The van der Waals surface area contributed by atoms with E-state index in [0.717, 1.165) is 29.6 Å². The molecule has 0 aliphatic heterocycles. The van der Waals surface area contributed by atoms with Crippen LogP contribution in [0.4, 0.5) is 11.4 Å². The molecule has 3 N–H and O–H groups in total. The fourth-order valence-electron chi connectivity index (χ4n) is 2.97. The van der Waals surface area contributed by atoms with Crippen molar-refractivity contribution >= 4 is 11.4 Å². The van der Waals surface area contributed by atoms with Gasteiger partial charge in [-0.05, 0) is 44.7 Å². The molecule has 20 heavy (non-hydrogen) atoms. The largest absolute Gasteiger partial charge is 0.489 e. The molecular weight excluding hydrogens is 248 g/mol. The fraction of sp³-hybridized carbons (Fsp3) is 0.647. The minimum atomic E-state index is 0.148. The molecule has 1 aliphatic rings. The number of hydrogen-bond donors (Lipinski definition) is 2. The van der Waals surface area contributed by atoms with E-state index in [-0.39, 0.29) is 6.10 Å². The maximum absolute atomic E-state index is 6.15. The zero-order valence-electron chi connectivity index (χ0n) is 12.8. The molecule has 0 unspecified atom stereocenters. The summed E-state index contributed by atoms with van der Waals surface area (Å²) in [6.07, 6.45) is 8.43. The van der Waals surface area contributed by atoms with Crippen LogP contribution in [-0.2, 0) is 0 Å². The number of nitrogen functional groups attached to an aromatic ring is 1. The molecule has 0 radical (unpaired) electrons. The number of hydrogen-bond acceptors (Lipinski definition) is 3. The van der Waals surface area contributed by atoms with Gasteiger partial charge in [-0.1, -0.05) is 31.7 Å². The van der Waals surface area contributed by atoms with Gasteiger partial charge in [0.05, 0.1) is 17.5 Å². The Kier molecular flexibility index (Phi) is 5.57. The normalized spacial score (nSPS) is 15.8. The number of rotatable bonds is 7. The quantitative estimate of drug-likeness (QED) is 0.572. The van der Waals surface area contributed by atoms with Gasteiger partial charge in [0.2, 0.25) is 0 Å². The average Bonchev–Trinajstić information content (AvgIpc) is 2.91. The molecule has 0 aromatic heterocycles. The smallest absolute Gasteiger partial charge is 0.144 e. The zero-order valence-corrected chi connectivity index (χ0v) is 12.8. The minimum absolute atomic E-state index is 0.148. The van der Waals surface area contributed by atoms with Gasteiger partial charge in [0, 0.05) is 6.54 Å². The highest BCUT2D eigenvalue weighted by Crippen LogP contribution is 2.31. The van der Waals surface area contributed by atoms with E-state index in [9.17, 15) is 0 Å². The summed E-state index contributed by atoms with van der Waals surface area (Å²) in [5.41, 5.74) is 7.87. The molecule has 112 valence electrons. The van der Waals surface area contributed by atoms with E-state index >= 15 is 0 Å². The summed E-state index contributed by atoms with van der Waals surface area (Å²) in [5, 5.41) is 3.45. The third kappa shape index (κ3) is 4.32. The molecule has 0 heterocycles. The highest BCUT2D eigenvalue weighted by Gasteiger charge is 2.14. The van der Waals surface area contributed by atoms with Crippen molar-refractivity contribution in [3.63, 3.8) is 0 Å². The molecule has 0 bridgehead atoms. The van der Waals surface area contributed by atoms with Crippen LogP contribution < -0.4 is 15.8 Å². The Labute approximate surface area is 122 Å². The summed E-state index contributed by atoms with van der Waals surface area (Å²) in [6, 6.07) is 5.95. The number of anilines is 2. The minimum Gasteiger partial charge on any atom is -0.489 e. The summed E-state index contributed by atoms with van der Waals surface area (Å²) in [4.78, 5) is 0. The predicted molar refractivity (Wildman–Crippen MR) is 86.3 cm³/mol. The first-order valence-corrected chi connectivity index (χ1v) is 7.96. The summed E-state index contributed by atoms with van der Waals surface area (Å²) in [7, 11) is 0. The molecule has 2 rings (SSSR count). The lowest BCUT2D eigenvalue weighted by atomic mass is 10.0. The Balaban J connectivity index is 1.79. The maximum Gasteiger partial charge on any atom is 0.144 e. The van der Waals surface area contributed by atoms with Gasteiger partial charge in [0.1, 0.15) is 5.75 Å². The molecule has 1 fully saturated rings. The third-order valence-corrected chi connectivity index (χ3v) is 4.01. The lowest BCUT2D eigenvalue weighted by Crippen LogP contribution is -2.10. The van der Waals surface area contributed by atoms with Crippen LogP contribution in [0.2, 0.25) is 0 Å². The van der Waals surface area contributed by atoms with Crippen LogP contribution in [0.5, 0.6) is 5.75 Å². The summed E-state index contributed by atoms with van der Waals surface area (Å²) >= 11 is 0. The van der Waals surface area contributed by atoms with Gasteiger partial charge >= 0.3 is 0 Å². The molecule has 1 aromatic carbocycles. The van der Waals surface area contributed by atoms with Crippen molar-refractivity contribution in [3.05, 3.63) is 18.2 Å². The van der Waals surface area contributed by atoms with Crippen LogP contribution in [0.3, 0.4) is 0 Å². The average molecular weight is 276 g/mol. The molecule has 1 aromatic rings. The van der Waals surface area contributed by atoms with Crippen molar-refractivity contribution in [1.29, 1.82) is 0 Å². The predicted octanol–water partition coefficient (Wildman–Crippen LogP) is 4.44. The molecule has 0 atom stereocenters. The van der Waals surface area contributed by atoms with Crippen molar-refractivity contribution in [3.8, 4) is 5.75 Å². The van der Waals surface area contributed by atoms with E-state index in [4.69, 9.17) is 10.5 Å². The van der Waals surface area contributed by atoms with Crippen LogP contribution in [0.15, 0.2) is 18.2 Å². The Bertz CT molecular complexity index is 411. The molecule has 3 nitrogen and oxygen atoms in total. The number of nitrogens with two attached hydrogens (primary N) is 1. The van der Waals surface area contributed by atoms with Gasteiger partial charge < -0.3 is 15.8 Å². The van der Waals surface area contributed by atoms with Gasteiger partial charge in [0.25, 0.3) is 0 Å². The Morgan fingerprint density at radius 2 is 2.05 bits per heavy atom. The van der Waals surface area contributed by atoms with Gasteiger partial charge in [-0.15, -0.1) is 0 Å². The third-order valence-electron chi connectivity index (χ3n) is 4.01. The van der Waals surface area contributed by atoms with Crippen LogP contribution in [0.25, 0.3) is 0 Å². The lowest BCUT2D eigenvalue weighted by molar-refractivity contribution is 0.244. The maximum atomic E-state index is 6.15. The first-order chi connectivity index (χ1) is 9.66. The molecule has 0 spiro atoms. The highest BCUT2D eigenvalue weighted by molar-refractivity contribution is 5.72. The van der Waals surface area contributed by atoms with Crippen molar-refractivity contribution in [1.82, 2.24) is 0 Å².